The Hall–Kier alpha value is -3.04. The van der Waals surface area contributed by atoms with Crippen LogP contribution in [0.25, 0.3) is 0 Å². The molecule has 2 heterocycles. The number of carbonyl (C=O) groups is 3. The molecule has 3 rings (SSSR count). The average Bonchev–Trinajstić information content (AvgIpc) is 3.35. The van der Waals surface area contributed by atoms with Gasteiger partial charge in [0.2, 0.25) is 0 Å². The lowest BCUT2D eigenvalue weighted by Gasteiger charge is -2.12. The van der Waals surface area contributed by atoms with Crippen molar-refractivity contribution in [1.29, 1.82) is 0 Å². The van der Waals surface area contributed by atoms with Gasteiger partial charge in [-0.25, -0.2) is 0 Å². The highest BCUT2D eigenvalue weighted by Gasteiger charge is 2.16. The zero-order chi connectivity index (χ0) is 20.1. The summed E-state index contributed by atoms with van der Waals surface area (Å²) in [5.74, 6) is -0.521. The molecule has 0 radical (unpaired) electrons. The monoisotopic (exact) mass is 415 g/mol. The number of nitrogens with zero attached hydrogens (tertiary/aromatic N) is 1. The van der Waals surface area contributed by atoms with Crippen LogP contribution in [0.4, 0.5) is 15.5 Å². The summed E-state index contributed by atoms with van der Waals surface area (Å²) >= 11 is 2.18. The van der Waals surface area contributed by atoms with Crippen molar-refractivity contribution in [3.8, 4) is 0 Å². The Balaban J connectivity index is 1.68. The summed E-state index contributed by atoms with van der Waals surface area (Å²) in [6.45, 7) is 0. The second-order valence-electron chi connectivity index (χ2n) is 5.81. The number of anilines is 2. The fourth-order valence-electron chi connectivity index (χ4n) is 2.14. The van der Waals surface area contributed by atoms with E-state index in [1.165, 1.54) is 11.2 Å². The van der Waals surface area contributed by atoms with E-state index in [1.54, 1.807) is 62.6 Å². The van der Waals surface area contributed by atoms with E-state index in [9.17, 15) is 14.4 Å². The standard InChI is InChI=1S/C19H17N3O4S2/c1-22(2)19(25)28-14-8-4-3-6-12(14)20-18(24)15-9-10-16(27-15)21-17(23)13-7-5-11-26-13/h3-11H,1-2H3,(H,20,24)(H,21,23). The Bertz CT molecular complexity index is 996. The first-order valence-corrected chi connectivity index (χ1v) is 9.81. The first-order chi connectivity index (χ1) is 13.4. The molecule has 0 saturated carbocycles. The van der Waals surface area contributed by atoms with E-state index in [0.29, 0.717) is 20.5 Å². The first kappa shape index (κ1) is 19.7. The van der Waals surface area contributed by atoms with Crippen LogP contribution in [0, 0.1) is 0 Å². The van der Waals surface area contributed by atoms with E-state index in [4.69, 9.17) is 4.42 Å². The van der Waals surface area contributed by atoms with Gasteiger partial charge in [0.05, 0.1) is 21.8 Å². The van der Waals surface area contributed by atoms with Gasteiger partial charge in [0, 0.05) is 19.0 Å². The van der Waals surface area contributed by atoms with Gasteiger partial charge < -0.3 is 20.0 Å². The maximum Gasteiger partial charge on any atom is 0.291 e. The SMILES string of the molecule is CN(C)C(=O)Sc1ccccc1NC(=O)c1ccc(NC(=O)c2ccco2)s1. The molecular formula is C19H17N3O4S2. The van der Waals surface area contributed by atoms with Crippen molar-refractivity contribution in [3.05, 3.63) is 65.4 Å². The molecule has 0 fully saturated rings. The van der Waals surface area contributed by atoms with Crippen LogP contribution in [0.15, 0.2) is 64.1 Å². The van der Waals surface area contributed by atoms with Crippen molar-refractivity contribution in [2.24, 2.45) is 0 Å². The predicted molar refractivity (Wildman–Crippen MR) is 110 cm³/mol. The molecule has 3 aromatic rings. The molecule has 2 aromatic heterocycles. The Morgan fingerprint density at radius 1 is 0.964 bits per heavy atom. The highest BCUT2D eigenvalue weighted by Crippen LogP contribution is 2.30. The number of rotatable bonds is 5. The number of thiophene rings is 1. The molecule has 1 aromatic carbocycles. The third-order valence-electron chi connectivity index (χ3n) is 3.51. The van der Waals surface area contributed by atoms with Gasteiger partial charge >= 0.3 is 0 Å². The van der Waals surface area contributed by atoms with Gasteiger partial charge in [-0.2, -0.15) is 0 Å². The minimum absolute atomic E-state index is 0.138. The zero-order valence-corrected chi connectivity index (χ0v) is 16.7. The quantitative estimate of drug-likeness (QED) is 0.593. The molecule has 0 unspecified atom stereocenters. The zero-order valence-electron chi connectivity index (χ0n) is 15.1. The Morgan fingerprint density at radius 3 is 2.46 bits per heavy atom. The average molecular weight is 415 g/mol. The van der Waals surface area contributed by atoms with Crippen molar-refractivity contribution >= 4 is 50.8 Å². The predicted octanol–water partition coefficient (Wildman–Crippen LogP) is 4.62. The summed E-state index contributed by atoms with van der Waals surface area (Å²) in [5.41, 5.74) is 0.544. The van der Waals surface area contributed by atoms with E-state index >= 15 is 0 Å². The Labute approximate surface area is 169 Å². The van der Waals surface area contributed by atoms with Gasteiger partial charge in [0.25, 0.3) is 17.1 Å². The van der Waals surface area contributed by atoms with Gasteiger partial charge in [-0.1, -0.05) is 12.1 Å². The number of hydrogen-bond donors (Lipinski definition) is 2. The lowest BCUT2D eigenvalue weighted by molar-refractivity contribution is 0.0995. The molecule has 0 spiro atoms. The minimum Gasteiger partial charge on any atom is -0.459 e. The highest BCUT2D eigenvalue weighted by molar-refractivity contribution is 8.13. The number of amides is 3. The van der Waals surface area contributed by atoms with E-state index in [2.05, 4.69) is 10.6 Å². The molecule has 28 heavy (non-hydrogen) atoms. The molecule has 3 amide bonds. The third kappa shape index (κ3) is 4.81. The fraction of sp³-hybridized carbons (Fsp3) is 0.105. The first-order valence-electron chi connectivity index (χ1n) is 8.18. The number of furan rings is 1. The highest BCUT2D eigenvalue weighted by atomic mass is 32.2. The van der Waals surface area contributed by atoms with Crippen molar-refractivity contribution in [2.45, 2.75) is 4.90 Å². The molecule has 7 nitrogen and oxygen atoms in total. The van der Waals surface area contributed by atoms with Gasteiger partial charge in [0.15, 0.2) is 5.76 Å². The summed E-state index contributed by atoms with van der Waals surface area (Å²) in [4.78, 5) is 39.1. The lowest BCUT2D eigenvalue weighted by Crippen LogP contribution is -2.17. The van der Waals surface area contributed by atoms with Crippen LogP contribution >= 0.6 is 23.1 Å². The number of para-hydroxylation sites is 1. The molecule has 0 aliphatic carbocycles. The molecule has 144 valence electrons. The van der Waals surface area contributed by atoms with E-state index in [0.717, 1.165) is 23.1 Å². The van der Waals surface area contributed by atoms with E-state index in [-0.39, 0.29) is 22.8 Å². The number of benzene rings is 1. The van der Waals surface area contributed by atoms with Gasteiger partial charge in [-0.05, 0) is 48.2 Å². The summed E-state index contributed by atoms with van der Waals surface area (Å²) in [6, 6.07) is 13.5. The number of hydrogen-bond acceptors (Lipinski definition) is 6. The van der Waals surface area contributed by atoms with Crippen LogP contribution in [0.1, 0.15) is 20.2 Å². The summed E-state index contributed by atoms with van der Waals surface area (Å²) < 4.78 is 5.04. The molecule has 0 aliphatic rings. The topological polar surface area (TPSA) is 91.7 Å². The number of carbonyl (C=O) groups excluding carboxylic acids is 3. The van der Waals surface area contributed by atoms with Crippen LogP contribution in [-0.4, -0.2) is 36.0 Å². The van der Waals surface area contributed by atoms with Gasteiger partial charge in [-0.15, -0.1) is 11.3 Å². The lowest BCUT2D eigenvalue weighted by atomic mass is 10.3. The second kappa shape index (κ2) is 8.77. The minimum atomic E-state index is -0.386. The van der Waals surface area contributed by atoms with E-state index < -0.39 is 0 Å². The van der Waals surface area contributed by atoms with Crippen LogP contribution in [-0.2, 0) is 0 Å². The third-order valence-corrected chi connectivity index (χ3v) is 5.62. The Kier molecular flexibility index (Phi) is 6.17. The Morgan fingerprint density at radius 2 is 1.75 bits per heavy atom. The van der Waals surface area contributed by atoms with Crippen LogP contribution in [0.2, 0.25) is 0 Å². The molecule has 0 bridgehead atoms. The maximum absolute atomic E-state index is 12.6. The van der Waals surface area contributed by atoms with Crippen molar-refractivity contribution < 1.29 is 18.8 Å². The number of nitrogens with one attached hydrogen (secondary N) is 2. The van der Waals surface area contributed by atoms with Crippen LogP contribution < -0.4 is 10.6 Å². The van der Waals surface area contributed by atoms with Crippen molar-refractivity contribution in [3.63, 3.8) is 0 Å². The number of thioether (sulfide) groups is 1. The molecule has 0 saturated heterocycles. The molecule has 0 atom stereocenters. The normalized spacial score (nSPS) is 10.4. The van der Waals surface area contributed by atoms with Gasteiger partial charge in [0.1, 0.15) is 0 Å². The maximum atomic E-state index is 12.6. The summed E-state index contributed by atoms with van der Waals surface area (Å²) in [6.07, 6.45) is 1.42. The molecular weight excluding hydrogens is 398 g/mol. The molecule has 0 aliphatic heterocycles. The van der Waals surface area contributed by atoms with Crippen LogP contribution in [0.5, 0.6) is 0 Å². The van der Waals surface area contributed by atoms with E-state index in [1.807, 2.05) is 0 Å². The van der Waals surface area contributed by atoms with Gasteiger partial charge in [-0.3, -0.25) is 14.4 Å². The largest absolute Gasteiger partial charge is 0.459 e. The fourth-order valence-corrected chi connectivity index (χ4v) is 3.68. The molecule has 2 N–H and O–H groups in total. The second-order valence-corrected chi connectivity index (χ2v) is 7.88. The summed E-state index contributed by atoms with van der Waals surface area (Å²) in [7, 11) is 3.33. The summed E-state index contributed by atoms with van der Waals surface area (Å²) in [5, 5.41) is 5.89. The smallest absolute Gasteiger partial charge is 0.291 e. The molecule has 9 heteroatoms. The van der Waals surface area contributed by atoms with Crippen molar-refractivity contribution in [1.82, 2.24) is 4.90 Å². The van der Waals surface area contributed by atoms with Crippen molar-refractivity contribution in [2.75, 3.05) is 24.7 Å². The van der Waals surface area contributed by atoms with Crippen LogP contribution in [0.3, 0.4) is 0 Å².